The Morgan fingerprint density at radius 1 is 1.12 bits per heavy atom. The van der Waals surface area contributed by atoms with Gasteiger partial charge in [-0.2, -0.15) is 0 Å². The molecule has 7 heteroatoms. The first-order valence-corrected chi connectivity index (χ1v) is 8.01. The van der Waals surface area contributed by atoms with Crippen LogP contribution in [0.5, 0.6) is 5.88 Å². The zero-order valence-corrected chi connectivity index (χ0v) is 13.7. The van der Waals surface area contributed by atoms with Gasteiger partial charge in [0.25, 0.3) is 0 Å². The fraction of sp³-hybridized carbons (Fsp3) is 0.278. The van der Waals surface area contributed by atoms with Crippen molar-refractivity contribution in [2.75, 3.05) is 11.1 Å². The number of anilines is 2. The number of carbonyl (C=O) groups is 2. The number of ether oxygens (including phenoxy) is 1. The normalized spacial score (nSPS) is 10.3. The number of carbonyl (C=O) groups excluding carboxylic acids is 2. The van der Waals surface area contributed by atoms with Gasteiger partial charge in [-0.1, -0.05) is 12.5 Å². The third-order valence-corrected chi connectivity index (χ3v) is 3.43. The SMILES string of the molecule is Nc1cc(F)ccc1NC(=O)CCCCCC(=O)Oc1ccccn1. The van der Waals surface area contributed by atoms with E-state index in [9.17, 15) is 14.0 Å². The summed E-state index contributed by atoms with van der Waals surface area (Å²) in [7, 11) is 0. The van der Waals surface area contributed by atoms with E-state index in [-0.39, 0.29) is 29.9 Å². The molecule has 1 amide bonds. The van der Waals surface area contributed by atoms with Gasteiger partial charge in [0.05, 0.1) is 11.4 Å². The summed E-state index contributed by atoms with van der Waals surface area (Å²) in [4.78, 5) is 27.4. The average Bonchev–Trinajstić information content (AvgIpc) is 2.58. The number of aromatic nitrogens is 1. The van der Waals surface area contributed by atoms with Crippen LogP contribution in [-0.4, -0.2) is 16.9 Å². The van der Waals surface area contributed by atoms with E-state index in [4.69, 9.17) is 10.5 Å². The van der Waals surface area contributed by atoms with Crippen LogP contribution in [0.2, 0.25) is 0 Å². The summed E-state index contributed by atoms with van der Waals surface area (Å²) in [6.07, 6.45) is 4.08. The van der Waals surface area contributed by atoms with Crippen molar-refractivity contribution in [1.82, 2.24) is 4.98 Å². The van der Waals surface area contributed by atoms with Crippen molar-refractivity contribution in [3.05, 3.63) is 48.4 Å². The van der Waals surface area contributed by atoms with Crippen LogP contribution in [0.25, 0.3) is 0 Å². The van der Waals surface area contributed by atoms with Crippen LogP contribution < -0.4 is 15.8 Å². The van der Waals surface area contributed by atoms with Gasteiger partial charge in [-0.15, -0.1) is 0 Å². The molecule has 132 valence electrons. The van der Waals surface area contributed by atoms with E-state index in [1.165, 1.54) is 12.1 Å². The van der Waals surface area contributed by atoms with Crippen LogP contribution in [0.1, 0.15) is 32.1 Å². The Balaban J connectivity index is 1.61. The molecule has 1 heterocycles. The smallest absolute Gasteiger partial charge is 0.312 e. The number of halogens is 1. The van der Waals surface area contributed by atoms with Crippen molar-refractivity contribution < 1.29 is 18.7 Å². The Labute approximate surface area is 145 Å². The molecular formula is C18H20FN3O3. The molecule has 0 aliphatic rings. The van der Waals surface area contributed by atoms with Crippen LogP contribution in [0.4, 0.5) is 15.8 Å². The zero-order chi connectivity index (χ0) is 18.1. The first-order chi connectivity index (χ1) is 12.0. The van der Waals surface area contributed by atoms with Crippen LogP contribution in [0, 0.1) is 5.82 Å². The number of hydrogen-bond donors (Lipinski definition) is 2. The lowest BCUT2D eigenvalue weighted by atomic mass is 10.1. The molecule has 3 N–H and O–H groups in total. The minimum absolute atomic E-state index is 0.186. The average molecular weight is 345 g/mol. The van der Waals surface area contributed by atoms with Gasteiger partial charge < -0.3 is 15.8 Å². The molecule has 1 aromatic heterocycles. The van der Waals surface area contributed by atoms with Gasteiger partial charge in [-0.25, -0.2) is 9.37 Å². The third-order valence-electron chi connectivity index (χ3n) is 3.43. The highest BCUT2D eigenvalue weighted by atomic mass is 19.1. The van der Waals surface area contributed by atoms with Gasteiger partial charge in [0, 0.05) is 25.1 Å². The van der Waals surface area contributed by atoms with Crippen molar-refractivity contribution in [2.45, 2.75) is 32.1 Å². The molecule has 0 aliphatic heterocycles. The van der Waals surface area contributed by atoms with E-state index >= 15 is 0 Å². The molecule has 0 spiro atoms. The van der Waals surface area contributed by atoms with Gasteiger partial charge in [-0.3, -0.25) is 9.59 Å². The number of nitrogens with two attached hydrogens (primary N) is 1. The number of nitrogens with one attached hydrogen (secondary N) is 1. The Morgan fingerprint density at radius 2 is 1.92 bits per heavy atom. The Kier molecular flexibility index (Phi) is 6.88. The summed E-state index contributed by atoms with van der Waals surface area (Å²) in [5, 5.41) is 2.64. The number of hydrogen-bond acceptors (Lipinski definition) is 5. The van der Waals surface area contributed by atoms with E-state index in [0.717, 1.165) is 6.07 Å². The number of pyridine rings is 1. The molecule has 25 heavy (non-hydrogen) atoms. The highest BCUT2D eigenvalue weighted by molar-refractivity contribution is 5.93. The van der Waals surface area contributed by atoms with Crippen LogP contribution in [0.15, 0.2) is 42.6 Å². The van der Waals surface area contributed by atoms with Crippen LogP contribution in [0.3, 0.4) is 0 Å². The molecule has 0 aliphatic carbocycles. The number of unbranched alkanes of at least 4 members (excludes halogenated alkanes) is 2. The molecule has 6 nitrogen and oxygen atoms in total. The van der Waals surface area contributed by atoms with Crippen molar-refractivity contribution in [3.8, 4) is 5.88 Å². The van der Waals surface area contributed by atoms with Gasteiger partial charge >= 0.3 is 5.97 Å². The molecule has 0 unspecified atom stereocenters. The Bertz CT molecular complexity index is 723. The second-order valence-corrected chi connectivity index (χ2v) is 5.48. The zero-order valence-electron chi connectivity index (χ0n) is 13.7. The lowest BCUT2D eigenvalue weighted by Gasteiger charge is -2.08. The molecule has 2 rings (SSSR count). The van der Waals surface area contributed by atoms with Crippen molar-refractivity contribution in [3.63, 3.8) is 0 Å². The summed E-state index contributed by atoms with van der Waals surface area (Å²) < 4.78 is 18.0. The summed E-state index contributed by atoms with van der Waals surface area (Å²) in [5.74, 6) is -0.714. The van der Waals surface area contributed by atoms with Crippen molar-refractivity contribution in [1.29, 1.82) is 0 Å². The number of amides is 1. The first-order valence-electron chi connectivity index (χ1n) is 8.01. The Morgan fingerprint density at radius 3 is 2.64 bits per heavy atom. The maximum Gasteiger partial charge on any atom is 0.312 e. The highest BCUT2D eigenvalue weighted by Gasteiger charge is 2.08. The van der Waals surface area contributed by atoms with E-state index in [1.807, 2.05) is 0 Å². The van der Waals surface area contributed by atoms with Crippen molar-refractivity contribution >= 4 is 23.3 Å². The predicted molar refractivity (Wildman–Crippen MR) is 92.4 cm³/mol. The predicted octanol–water partition coefficient (Wildman–Crippen LogP) is 3.30. The minimum atomic E-state index is -0.451. The van der Waals surface area contributed by atoms with E-state index in [2.05, 4.69) is 10.3 Å². The Hall–Kier alpha value is -2.96. The maximum absolute atomic E-state index is 12.9. The quantitative estimate of drug-likeness (QED) is 0.435. The van der Waals surface area contributed by atoms with E-state index in [1.54, 1.807) is 24.4 Å². The largest absolute Gasteiger partial charge is 0.407 e. The highest BCUT2D eigenvalue weighted by Crippen LogP contribution is 2.19. The summed E-state index contributed by atoms with van der Waals surface area (Å²) >= 11 is 0. The lowest BCUT2D eigenvalue weighted by Crippen LogP contribution is -2.13. The summed E-state index contributed by atoms with van der Waals surface area (Å²) in [5.41, 5.74) is 6.21. The maximum atomic E-state index is 12.9. The second kappa shape index (κ2) is 9.36. The van der Waals surface area contributed by atoms with E-state index in [0.29, 0.717) is 31.4 Å². The molecule has 0 saturated heterocycles. The topological polar surface area (TPSA) is 94.3 Å². The number of esters is 1. The van der Waals surface area contributed by atoms with Gasteiger partial charge in [0.15, 0.2) is 0 Å². The summed E-state index contributed by atoms with van der Waals surface area (Å²) in [6.45, 7) is 0. The number of nitrogens with zero attached hydrogens (tertiary/aromatic N) is 1. The standard InChI is InChI=1S/C18H20FN3O3/c19-13-9-10-15(14(20)12-13)22-16(23)6-2-1-3-8-18(24)25-17-7-4-5-11-21-17/h4-5,7,9-12H,1-3,6,8,20H2,(H,22,23). The van der Waals surface area contributed by atoms with Crippen LogP contribution in [-0.2, 0) is 9.59 Å². The fourth-order valence-corrected chi connectivity index (χ4v) is 2.17. The molecule has 0 atom stereocenters. The van der Waals surface area contributed by atoms with Gasteiger partial charge in [0.1, 0.15) is 5.82 Å². The molecule has 0 saturated carbocycles. The van der Waals surface area contributed by atoms with Gasteiger partial charge in [-0.05, 0) is 37.1 Å². The molecular weight excluding hydrogens is 325 g/mol. The number of nitrogen functional groups attached to an aromatic ring is 1. The number of rotatable bonds is 8. The van der Waals surface area contributed by atoms with Crippen molar-refractivity contribution in [2.24, 2.45) is 0 Å². The molecule has 0 radical (unpaired) electrons. The monoisotopic (exact) mass is 345 g/mol. The molecule has 2 aromatic rings. The minimum Gasteiger partial charge on any atom is -0.407 e. The fourth-order valence-electron chi connectivity index (χ4n) is 2.17. The number of benzene rings is 1. The summed E-state index contributed by atoms with van der Waals surface area (Å²) in [6, 6.07) is 8.91. The second-order valence-electron chi connectivity index (χ2n) is 5.48. The molecule has 1 aromatic carbocycles. The van der Waals surface area contributed by atoms with E-state index < -0.39 is 5.82 Å². The van der Waals surface area contributed by atoms with Crippen LogP contribution >= 0.6 is 0 Å². The lowest BCUT2D eigenvalue weighted by molar-refractivity contribution is -0.134. The van der Waals surface area contributed by atoms with Gasteiger partial charge in [0.2, 0.25) is 11.8 Å². The molecule has 0 bridgehead atoms. The third kappa shape index (κ3) is 6.58. The molecule has 0 fully saturated rings. The first kappa shape index (κ1) is 18.4.